The molecule has 0 aliphatic rings. The molecule has 1 aromatic rings. The molecule has 0 bridgehead atoms. The minimum absolute atomic E-state index is 0.467. The van der Waals surface area contributed by atoms with Crippen LogP contribution < -0.4 is 0 Å². The van der Waals surface area contributed by atoms with E-state index in [1.54, 1.807) is 12.1 Å². The van der Waals surface area contributed by atoms with Crippen LogP contribution >= 0.6 is 0 Å². The van der Waals surface area contributed by atoms with E-state index < -0.39 is 5.97 Å². The van der Waals surface area contributed by atoms with Gasteiger partial charge >= 0.3 is 5.97 Å². The highest BCUT2D eigenvalue weighted by atomic mass is 16.4. The summed E-state index contributed by atoms with van der Waals surface area (Å²) in [5.41, 5.74) is 1.44. The van der Waals surface area contributed by atoms with Crippen molar-refractivity contribution in [1.29, 1.82) is 0 Å². The lowest BCUT2D eigenvalue weighted by atomic mass is 10.00. The van der Waals surface area contributed by atoms with Crippen LogP contribution in [0.1, 0.15) is 93.5 Å². The second-order valence-corrected chi connectivity index (χ2v) is 6.25. The fourth-order valence-electron chi connectivity index (χ4n) is 2.93. The molecule has 0 spiro atoms. The van der Waals surface area contributed by atoms with Gasteiger partial charge in [-0.15, -0.1) is 0 Å². The zero-order valence-electron chi connectivity index (χ0n) is 14.2. The summed E-state index contributed by atoms with van der Waals surface area (Å²) in [5, 5.41) is 9.14. The summed E-state index contributed by atoms with van der Waals surface area (Å²) in [6.45, 7) is 2.26. The van der Waals surface area contributed by atoms with E-state index in [4.69, 9.17) is 5.11 Å². The molecular formula is C20H32O2. The molecule has 22 heavy (non-hydrogen) atoms. The molecule has 1 rings (SSSR count). The first-order valence-electron chi connectivity index (χ1n) is 9.07. The lowest BCUT2D eigenvalue weighted by molar-refractivity contribution is 0.0695. The molecule has 0 radical (unpaired) electrons. The Labute approximate surface area is 135 Å². The highest BCUT2D eigenvalue weighted by molar-refractivity contribution is 5.89. The van der Waals surface area contributed by atoms with E-state index in [1.807, 2.05) is 12.1 Å². The predicted molar refractivity (Wildman–Crippen MR) is 93.6 cm³/mol. The van der Waals surface area contributed by atoms with Crippen molar-refractivity contribution >= 4 is 5.97 Å². The summed E-state index contributed by atoms with van der Waals surface area (Å²) in [7, 11) is 0. The molecule has 2 heteroatoms. The maximum absolute atomic E-state index is 11.1. The van der Waals surface area contributed by atoms with Gasteiger partial charge in [-0.2, -0.15) is 0 Å². The first-order chi connectivity index (χ1) is 10.8. The summed E-state index contributed by atoms with van der Waals surface area (Å²) >= 11 is 0. The quantitative estimate of drug-likeness (QED) is 0.438. The molecule has 0 saturated carbocycles. The zero-order chi connectivity index (χ0) is 16.0. The van der Waals surface area contributed by atoms with E-state index in [1.165, 1.54) is 64.2 Å². The van der Waals surface area contributed by atoms with Crippen molar-refractivity contribution in [3.63, 3.8) is 0 Å². The van der Waals surface area contributed by atoms with Gasteiger partial charge in [0, 0.05) is 0 Å². The molecule has 0 heterocycles. The molecule has 0 amide bonds. The smallest absolute Gasteiger partial charge is 0.335 e. The van der Waals surface area contributed by atoms with Crippen LogP contribution in [0.2, 0.25) is 0 Å². The Morgan fingerprint density at radius 1 is 0.818 bits per heavy atom. The van der Waals surface area contributed by atoms with Crippen molar-refractivity contribution in [3.05, 3.63) is 35.4 Å². The first-order valence-corrected chi connectivity index (χ1v) is 9.07. The third kappa shape index (κ3) is 8.21. The van der Waals surface area contributed by atoms with Gasteiger partial charge in [0.2, 0.25) is 0 Å². The van der Waals surface area contributed by atoms with E-state index in [9.17, 15) is 4.79 Å². The van der Waals surface area contributed by atoms with Gasteiger partial charge in [-0.3, -0.25) is 0 Å². The van der Waals surface area contributed by atoms with Gasteiger partial charge < -0.3 is 5.11 Å². The molecular weight excluding hydrogens is 272 g/mol. The van der Waals surface area contributed by atoms with Crippen molar-refractivity contribution in [2.24, 2.45) is 0 Å². The monoisotopic (exact) mass is 304 g/mol. The minimum Gasteiger partial charge on any atom is -0.478 e. The van der Waals surface area contributed by atoms with Crippen LogP contribution in [-0.2, 0) is 6.42 Å². The number of carboxylic acids is 1. The number of carboxylic acid groups (broad SMARTS) is 1. The molecule has 0 atom stereocenters. The number of unbranched alkanes of at least 4 members (excludes halogenated alkanes) is 10. The number of aromatic carboxylic acids is 1. The van der Waals surface area contributed by atoms with Gasteiger partial charge in [0.05, 0.1) is 5.56 Å². The number of carbonyl (C=O) groups is 1. The summed E-state index contributed by atoms with van der Waals surface area (Å²) in [6.07, 6.45) is 15.5. The first kappa shape index (κ1) is 18.7. The Bertz CT molecular complexity index is 412. The largest absolute Gasteiger partial charge is 0.478 e. The number of hydrogen-bond acceptors (Lipinski definition) is 1. The molecule has 0 aromatic heterocycles. The summed E-state index contributed by atoms with van der Waals surface area (Å²) in [5.74, 6) is -0.807. The molecule has 2 nitrogen and oxygen atoms in total. The number of aryl methyl sites for hydroxylation is 1. The van der Waals surface area contributed by atoms with E-state index in [-0.39, 0.29) is 0 Å². The second kappa shape index (κ2) is 12.3. The number of benzene rings is 1. The van der Waals surface area contributed by atoms with Gasteiger partial charge in [0.15, 0.2) is 0 Å². The highest BCUT2D eigenvalue weighted by Crippen LogP contribution is 2.15. The van der Waals surface area contributed by atoms with Gasteiger partial charge in [-0.25, -0.2) is 4.79 Å². The van der Waals surface area contributed by atoms with E-state index >= 15 is 0 Å². The average Bonchev–Trinajstić information content (AvgIpc) is 2.53. The van der Waals surface area contributed by atoms with Gasteiger partial charge in [0.25, 0.3) is 0 Å². The fourth-order valence-corrected chi connectivity index (χ4v) is 2.93. The normalized spacial score (nSPS) is 10.8. The van der Waals surface area contributed by atoms with E-state index in [2.05, 4.69) is 6.92 Å². The molecule has 1 N–H and O–H groups in total. The van der Waals surface area contributed by atoms with Crippen LogP contribution in [0.3, 0.4) is 0 Å². The Morgan fingerprint density at radius 3 is 1.86 bits per heavy atom. The van der Waals surface area contributed by atoms with Crippen LogP contribution in [0.4, 0.5) is 0 Å². The lowest BCUT2D eigenvalue weighted by Crippen LogP contribution is -2.02. The summed E-state index contributed by atoms with van der Waals surface area (Å²) in [6, 6.07) is 7.38. The molecule has 0 aliphatic carbocycles. The van der Waals surface area contributed by atoms with Crippen molar-refractivity contribution in [2.45, 2.75) is 84.0 Å². The maximum atomic E-state index is 11.1. The van der Waals surface area contributed by atoms with E-state index in [0.717, 1.165) is 18.4 Å². The SMILES string of the molecule is CCCCCCCCCCCCCc1ccccc1C(=O)O. The van der Waals surface area contributed by atoms with Crippen molar-refractivity contribution in [1.82, 2.24) is 0 Å². The zero-order valence-corrected chi connectivity index (χ0v) is 14.2. The van der Waals surface area contributed by atoms with Gasteiger partial charge in [0.1, 0.15) is 0 Å². The van der Waals surface area contributed by atoms with Crippen LogP contribution in [-0.4, -0.2) is 11.1 Å². The molecule has 0 saturated heterocycles. The van der Waals surface area contributed by atoms with Crippen molar-refractivity contribution in [2.75, 3.05) is 0 Å². The second-order valence-electron chi connectivity index (χ2n) is 6.25. The number of rotatable bonds is 13. The number of hydrogen-bond donors (Lipinski definition) is 1. The van der Waals surface area contributed by atoms with Crippen LogP contribution in [0.5, 0.6) is 0 Å². The Morgan fingerprint density at radius 2 is 1.32 bits per heavy atom. The molecule has 0 aliphatic heterocycles. The highest BCUT2D eigenvalue weighted by Gasteiger charge is 2.07. The Hall–Kier alpha value is -1.31. The summed E-state index contributed by atoms with van der Waals surface area (Å²) < 4.78 is 0. The Kier molecular flexibility index (Phi) is 10.4. The fraction of sp³-hybridized carbons (Fsp3) is 0.650. The third-order valence-corrected chi connectivity index (χ3v) is 4.30. The Balaban J connectivity index is 2.01. The molecule has 0 fully saturated rings. The molecule has 0 unspecified atom stereocenters. The maximum Gasteiger partial charge on any atom is 0.335 e. The van der Waals surface area contributed by atoms with Crippen molar-refractivity contribution in [3.8, 4) is 0 Å². The molecule has 124 valence electrons. The third-order valence-electron chi connectivity index (χ3n) is 4.30. The lowest BCUT2D eigenvalue weighted by Gasteiger charge is -2.06. The van der Waals surface area contributed by atoms with Crippen LogP contribution in [0.25, 0.3) is 0 Å². The van der Waals surface area contributed by atoms with E-state index in [0.29, 0.717) is 5.56 Å². The summed E-state index contributed by atoms with van der Waals surface area (Å²) in [4.78, 5) is 11.1. The standard InChI is InChI=1S/C20H32O2/c1-2-3-4-5-6-7-8-9-10-11-12-15-18-16-13-14-17-19(18)20(21)22/h13-14,16-17H,2-12,15H2,1H3,(H,21,22). The average molecular weight is 304 g/mol. The molecule has 1 aromatic carbocycles. The van der Waals surface area contributed by atoms with Crippen molar-refractivity contribution < 1.29 is 9.90 Å². The van der Waals surface area contributed by atoms with Crippen LogP contribution in [0.15, 0.2) is 24.3 Å². The minimum atomic E-state index is -0.807. The van der Waals surface area contributed by atoms with Gasteiger partial charge in [-0.05, 0) is 24.5 Å². The predicted octanol–water partition coefficient (Wildman–Crippen LogP) is 6.24. The van der Waals surface area contributed by atoms with Gasteiger partial charge in [-0.1, -0.05) is 89.3 Å². The van der Waals surface area contributed by atoms with Crippen LogP contribution in [0, 0.1) is 0 Å². The topological polar surface area (TPSA) is 37.3 Å².